The molecule has 0 radical (unpaired) electrons. The minimum atomic E-state index is -0.362. The van der Waals surface area contributed by atoms with E-state index in [2.05, 4.69) is 5.16 Å². The fraction of sp³-hybridized carbons (Fsp3) is 0.0588. The molecule has 0 fully saturated rings. The summed E-state index contributed by atoms with van der Waals surface area (Å²) in [4.78, 5) is 17.2. The first-order valence-corrected chi connectivity index (χ1v) is 6.54. The molecule has 1 aliphatic rings. The molecule has 2 aromatic carbocycles. The minimum Gasteiger partial charge on any atom is -0.507 e. The smallest absolute Gasteiger partial charge is 0.211 e. The van der Waals surface area contributed by atoms with Gasteiger partial charge in [-0.3, -0.25) is 4.79 Å². The minimum absolute atomic E-state index is 0.0439. The lowest BCUT2D eigenvalue weighted by atomic mass is 9.93. The van der Waals surface area contributed by atoms with E-state index in [1.54, 1.807) is 24.3 Å². The van der Waals surface area contributed by atoms with Crippen LogP contribution in [0.15, 0.2) is 65.8 Å². The monoisotopic (exact) mass is 279 g/mol. The second kappa shape index (κ2) is 5.63. The van der Waals surface area contributed by atoms with Crippen molar-refractivity contribution in [2.45, 2.75) is 6.61 Å². The largest absolute Gasteiger partial charge is 0.507 e. The number of oxime groups is 1. The number of aliphatic hydroxyl groups excluding tert-OH is 1. The third-order valence-corrected chi connectivity index (χ3v) is 3.19. The number of carbonyl (C=O) groups excluding carboxylic acids is 1. The summed E-state index contributed by atoms with van der Waals surface area (Å²) in [5.41, 5.74) is 2.34. The Kier molecular flexibility index (Phi) is 3.51. The molecule has 104 valence electrons. The molecular weight excluding hydrogens is 266 g/mol. The molecule has 0 saturated carbocycles. The summed E-state index contributed by atoms with van der Waals surface area (Å²) in [6, 6.07) is 16.6. The van der Waals surface area contributed by atoms with Gasteiger partial charge in [-0.05, 0) is 5.56 Å². The Morgan fingerprint density at radius 1 is 0.952 bits per heavy atom. The Hall–Kier alpha value is -2.88. The van der Waals surface area contributed by atoms with Crippen molar-refractivity contribution < 1.29 is 14.7 Å². The average molecular weight is 279 g/mol. The normalized spacial score (nSPS) is 15.5. The molecule has 4 nitrogen and oxygen atoms in total. The van der Waals surface area contributed by atoms with Crippen LogP contribution in [0.1, 0.15) is 16.7 Å². The van der Waals surface area contributed by atoms with Gasteiger partial charge >= 0.3 is 0 Å². The van der Waals surface area contributed by atoms with Gasteiger partial charge in [-0.1, -0.05) is 59.8 Å². The van der Waals surface area contributed by atoms with Crippen LogP contribution in [-0.2, 0) is 16.2 Å². The zero-order chi connectivity index (χ0) is 14.7. The van der Waals surface area contributed by atoms with E-state index in [0.717, 1.165) is 11.6 Å². The van der Waals surface area contributed by atoms with Crippen molar-refractivity contribution in [1.29, 1.82) is 0 Å². The Morgan fingerprint density at radius 3 is 2.38 bits per heavy atom. The number of nitrogens with zero attached hydrogens (tertiary/aromatic N) is 1. The first kappa shape index (κ1) is 13.1. The van der Waals surface area contributed by atoms with E-state index in [0.29, 0.717) is 11.1 Å². The molecule has 0 atom stereocenters. The van der Waals surface area contributed by atoms with E-state index in [1.807, 2.05) is 30.3 Å². The molecule has 0 amide bonds. The van der Waals surface area contributed by atoms with Gasteiger partial charge in [0, 0.05) is 17.2 Å². The van der Waals surface area contributed by atoms with Gasteiger partial charge in [0.1, 0.15) is 12.4 Å². The van der Waals surface area contributed by atoms with Gasteiger partial charge in [-0.15, -0.1) is 0 Å². The molecule has 3 rings (SSSR count). The highest BCUT2D eigenvalue weighted by molar-refractivity contribution is 6.52. The summed E-state index contributed by atoms with van der Waals surface area (Å²) >= 11 is 0. The Balaban J connectivity index is 1.85. The van der Waals surface area contributed by atoms with Crippen LogP contribution in [-0.4, -0.2) is 16.6 Å². The van der Waals surface area contributed by atoms with Crippen molar-refractivity contribution in [1.82, 2.24) is 0 Å². The van der Waals surface area contributed by atoms with E-state index < -0.39 is 0 Å². The molecular formula is C17H13NO3. The quantitative estimate of drug-likeness (QED) is 0.878. The number of benzene rings is 2. The van der Waals surface area contributed by atoms with Crippen molar-refractivity contribution in [2.24, 2.45) is 5.16 Å². The predicted molar refractivity (Wildman–Crippen MR) is 79.8 cm³/mol. The molecule has 0 aromatic heterocycles. The van der Waals surface area contributed by atoms with Crippen LogP contribution >= 0.6 is 0 Å². The van der Waals surface area contributed by atoms with Crippen molar-refractivity contribution in [3.63, 3.8) is 0 Å². The Labute approximate surface area is 122 Å². The molecule has 1 aliphatic carbocycles. The summed E-state index contributed by atoms with van der Waals surface area (Å²) in [7, 11) is 0. The number of rotatable bonds is 3. The van der Waals surface area contributed by atoms with Crippen LogP contribution in [0.4, 0.5) is 0 Å². The van der Waals surface area contributed by atoms with E-state index in [-0.39, 0.29) is 23.9 Å². The molecule has 1 N–H and O–H groups in total. The standard InChI is InChI=1S/C17H13NO3/c19-15-10-16(20)17(14-9-5-4-8-13(14)15)18-21-11-12-6-2-1-3-7-12/h1-10,19H,11H2. The second-order valence-corrected chi connectivity index (χ2v) is 4.64. The van der Waals surface area contributed by atoms with Gasteiger partial charge in [0.15, 0.2) is 5.71 Å². The maximum Gasteiger partial charge on any atom is 0.211 e. The van der Waals surface area contributed by atoms with Crippen molar-refractivity contribution >= 4 is 17.3 Å². The van der Waals surface area contributed by atoms with Crippen LogP contribution in [0.2, 0.25) is 0 Å². The molecule has 4 heteroatoms. The summed E-state index contributed by atoms with van der Waals surface area (Å²) in [6.45, 7) is 0.287. The van der Waals surface area contributed by atoms with E-state index in [4.69, 9.17) is 4.84 Å². The fourth-order valence-corrected chi connectivity index (χ4v) is 2.16. The van der Waals surface area contributed by atoms with Crippen LogP contribution in [0.25, 0.3) is 5.76 Å². The lowest BCUT2D eigenvalue weighted by Gasteiger charge is -2.14. The van der Waals surface area contributed by atoms with Gasteiger partial charge in [-0.2, -0.15) is 0 Å². The molecule has 0 aliphatic heterocycles. The Morgan fingerprint density at radius 2 is 1.62 bits per heavy atom. The molecule has 2 aromatic rings. The van der Waals surface area contributed by atoms with Gasteiger partial charge in [0.05, 0.1) is 0 Å². The topological polar surface area (TPSA) is 58.9 Å². The highest BCUT2D eigenvalue weighted by Gasteiger charge is 2.24. The van der Waals surface area contributed by atoms with Gasteiger partial charge in [0.25, 0.3) is 0 Å². The zero-order valence-corrected chi connectivity index (χ0v) is 11.2. The van der Waals surface area contributed by atoms with Crippen molar-refractivity contribution in [3.05, 3.63) is 77.4 Å². The van der Waals surface area contributed by atoms with Crippen LogP contribution in [0, 0.1) is 0 Å². The molecule has 0 bridgehead atoms. The predicted octanol–water partition coefficient (Wildman–Crippen LogP) is 3.09. The second-order valence-electron chi connectivity index (χ2n) is 4.64. The van der Waals surface area contributed by atoms with Crippen LogP contribution in [0.5, 0.6) is 0 Å². The number of ketones is 1. The van der Waals surface area contributed by atoms with Gasteiger partial charge in [0.2, 0.25) is 5.78 Å². The number of fused-ring (bicyclic) bond motifs is 1. The molecule has 21 heavy (non-hydrogen) atoms. The number of aliphatic hydroxyl groups is 1. The Bertz CT molecular complexity index is 733. The van der Waals surface area contributed by atoms with Crippen LogP contribution < -0.4 is 0 Å². The lowest BCUT2D eigenvalue weighted by Crippen LogP contribution is -2.20. The molecule has 0 saturated heterocycles. The zero-order valence-electron chi connectivity index (χ0n) is 11.2. The van der Waals surface area contributed by atoms with Gasteiger partial charge < -0.3 is 9.94 Å². The summed E-state index contributed by atoms with van der Waals surface area (Å²) in [5, 5.41) is 13.7. The third-order valence-electron chi connectivity index (χ3n) is 3.19. The summed E-state index contributed by atoms with van der Waals surface area (Å²) in [6.07, 6.45) is 1.16. The highest BCUT2D eigenvalue weighted by Crippen LogP contribution is 2.23. The average Bonchev–Trinajstić information content (AvgIpc) is 2.51. The molecule has 0 heterocycles. The van der Waals surface area contributed by atoms with Crippen LogP contribution in [0.3, 0.4) is 0 Å². The van der Waals surface area contributed by atoms with E-state index in [9.17, 15) is 9.90 Å². The van der Waals surface area contributed by atoms with Gasteiger partial charge in [-0.25, -0.2) is 0 Å². The highest BCUT2D eigenvalue weighted by atomic mass is 16.6. The molecule has 0 unspecified atom stereocenters. The third kappa shape index (κ3) is 2.69. The lowest BCUT2D eigenvalue weighted by molar-refractivity contribution is -0.109. The van der Waals surface area contributed by atoms with Crippen molar-refractivity contribution in [2.75, 3.05) is 0 Å². The summed E-state index contributed by atoms with van der Waals surface area (Å²) < 4.78 is 0. The summed E-state index contributed by atoms with van der Waals surface area (Å²) in [5.74, 6) is -0.406. The maximum absolute atomic E-state index is 12.0. The fourth-order valence-electron chi connectivity index (χ4n) is 2.16. The first-order chi connectivity index (χ1) is 10.3. The number of hydrogen-bond donors (Lipinski definition) is 1. The number of allylic oxidation sites excluding steroid dienone is 1. The first-order valence-electron chi connectivity index (χ1n) is 6.54. The number of carbonyl (C=O) groups is 1. The van der Waals surface area contributed by atoms with E-state index in [1.165, 1.54) is 0 Å². The number of hydrogen-bond acceptors (Lipinski definition) is 4. The van der Waals surface area contributed by atoms with E-state index >= 15 is 0 Å². The molecule has 0 spiro atoms. The maximum atomic E-state index is 12.0. The van der Waals surface area contributed by atoms with Crippen molar-refractivity contribution in [3.8, 4) is 0 Å². The SMILES string of the molecule is O=C1C=C(O)c2ccccc2C1=NOCc1ccccc1.